The van der Waals surface area contributed by atoms with Crippen molar-refractivity contribution < 1.29 is 25.8 Å². The fourth-order valence-electron chi connectivity index (χ4n) is 8.26. The van der Waals surface area contributed by atoms with E-state index in [9.17, 15) is 0 Å². The molecule has 0 nitrogen and oxygen atoms in total. The van der Waals surface area contributed by atoms with Crippen LogP contribution in [-0.4, -0.2) is 0 Å². The molecule has 0 aliphatic heterocycles. The first-order valence-corrected chi connectivity index (χ1v) is 17.5. The summed E-state index contributed by atoms with van der Waals surface area (Å²) in [5.41, 5.74) is 14.3. The molecule has 7 rings (SSSR count). The van der Waals surface area contributed by atoms with Gasteiger partial charge < -0.3 is 14.9 Å². The Morgan fingerprint density at radius 2 is 0.918 bits per heavy atom. The van der Waals surface area contributed by atoms with E-state index in [0.29, 0.717) is 0 Å². The van der Waals surface area contributed by atoms with Gasteiger partial charge in [0.15, 0.2) is 0 Å². The van der Waals surface area contributed by atoms with Crippen LogP contribution in [0.3, 0.4) is 0 Å². The number of benzene rings is 4. The summed E-state index contributed by atoms with van der Waals surface area (Å²) in [6.45, 7) is 18.4. The van der Waals surface area contributed by atoms with Gasteiger partial charge in [-0.25, -0.2) is 0 Å². The average molecular weight is 811 g/mol. The van der Waals surface area contributed by atoms with Crippen LogP contribution in [0.25, 0.3) is 43.8 Å². The second-order valence-corrected chi connectivity index (χ2v) is 16.3. The summed E-state index contributed by atoms with van der Waals surface area (Å²) >= 11 is 0. The van der Waals surface area contributed by atoms with Crippen molar-refractivity contribution in [2.75, 3.05) is 0 Å². The van der Waals surface area contributed by atoms with E-state index in [1.54, 1.807) is 0 Å². The number of hydrogen-bond donors (Lipinski definition) is 0. The summed E-state index contributed by atoms with van der Waals surface area (Å²) in [6, 6.07) is 38.1. The van der Waals surface area contributed by atoms with Crippen molar-refractivity contribution in [3.8, 4) is 22.3 Å². The predicted octanol–water partition coefficient (Wildman–Crippen LogP) is 14.1. The first kappa shape index (κ1) is 38.8. The molecule has 0 spiro atoms. The van der Waals surface area contributed by atoms with Crippen LogP contribution in [0.4, 0.5) is 0 Å². The standard InChI is InChI=1S/C46H50.2CH3.Hf/c1-30-24-34(44(3,4)5)18-20-38(30)40-16-12-14-32-26-36(28-42(32)40)46(22-10-9-11-23-46)37-27-33-15-13-17-41(43(33)29-37)39-21-19-35(25-31(39)2)45(6,7)8;;;/h12-21,24-29H,9-11,22-23H2,1-8H3;2*1H3;/q-2;2*-1;+4. The van der Waals surface area contributed by atoms with E-state index < -0.39 is 0 Å². The number of rotatable bonds is 4. The largest absolute Gasteiger partial charge is 4.00 e. The van der Waals surface area contributed by atoms with Crippen molar-refractivity contribution in [3.05, 3.63) is 145 Å². The van der Waals surface area contributed by atoms with E-state index in [-0.39, 0.29) is 56.9 Å². The molecule has 1 saturated carbocycles. The van der Waals surface area contributed by atoms with E-state index in [4.69, 9.17) is 0 Å². The molecule has 0 aromatic heterocycles. The molecule has 6 aromatic carbocycles. The minimum absolute atomic E-state index is 0. The summed E-state index contributed by atoms with van der Waals surface area (Å²) in [6.07, 6.45) is 6.32. The minimum Gasteiger partial charge on any atom is -0.358 e. The quantitative estimate of drug-likeness (QED) is 0.123. The fraction of sp³-hybridized carbons (Fsp3) is 0.333. The Morgan fingerprint density at radius 3 is 1.29 bits per heavy atom. The Bertz CT molecular complexity index is 1910. The smallest absolute Gasteiger partial charge is 0.358 e. The third-order valence-electron chi connectivity index (χ3n) is 11.1. The second-order valence-electron chi connectivity index (χ2n) is 16.3. The Balaban J connectivity index is 0.00000180. The van der Waals surface area contributed by atoms with Crippen molar-refractivity contribution in [2.24, 2.45) is 0 Å². The van der Waals surface area contributed by atoms with Gasteiger partial charge in [-0.3, -0.25) is 0 Å². The molecule has 0 unspecified atom stereocenters. The Kier molecular flexibility index (Phi) is 11.3. The molecule has 1 aliphatic carbocycles. The normalized spacial score (nSPS) is 14.6. The predicted molar refractivity (Wildman–Crippen MR) is 214 cm³/mol. The third kappa shape index (κ3) is 6.99. The van der Waals surface area contributed by atoms with Crippen LogP contribution in [0.5, 0.6) is 0 Å². The van der Waals surface area contributed by atoms with Gasteiger partial charge in [-0.05, 0) is 76.3 Å². The monoisotopic (exact) mass is 812 g/mol. The van der Waals surface area contributed by atoms with Crippen LogP contribution in [0.2, 0.25) is 0 Å². The summed E-state index contributed by atoms with van der Waals surface area (Å²) in [7, 11) is 0. The van der Waals surface area contributed by atoms with E-state index in [2.05, 4.69) is 152 Å². The topological polar surface area (TPSA) is 0 Å². The van der Waals surface area contributed by atoms with Crippen molar-refractivity contribution in [3.63, 3.8) is 0 Å². The molecular weight excluding hydrogens is 755 g/mol. The van der Waals surface area contributed by atoms with Crippen LogP contribution in [0.15, 0.2) is 97.1 Å². The van der Waals surface area contributed by atoms with Gasteiger partial charge >= 0.3 is 25.8 Å². The van der Waals surface area contributed by atoms with Crippen LogP contribution in [0, 0.1) is 28.7 Å². The molecule has 49 heavy (non-hydrogen) atoms. The SMILES string of the molecule is Cc1cc(C(C)(C)C)ccc1-c1cccc2[cH-]c(C3(c4cc5c(-c6ccc(C(C)(C)C)cc6C)cccc5[cH-]4)CCCCC3)cc12.[CH3-].[CH3-].[Hf+4]. The summed E-state index contributed by atoms with van der Waals surface area (Å²) in [5.74, 6) is 0. The molecule has 252 valence electrons. The average Bonchev–Trinajstić information content (AvgIpc) is 3.66. The Hall–Kier alpha value is -3.03. The zero-order valence-electron chi connectivity index (χ0n) is 31.8. The number of fused-ring (bicyclic) bond motifs is 2. The molecule has 6 aromatic rings. The molecule has 1 fully saturated rings. The maximum absolute atomic E-state index is 2.56. The van der Waals surface area contributed by atoms with E-state index in [0.717, 1.165) is 0 Å². The van der Waals surface area contributed by atoms with Crippen molar-refractivity contribution in [1.82, 2.24) is 0 Å². The van der Waals surface area contributed by atoms with Crippen molar-refractivity contribution >= 4 is 21.5 Å². The fourth-order valence-corrected chi connectivity index (χ4v) is 8.26. The minimum atomic E-state index is 0. The summed E-state index contributed by atoms with van der Waals surface area (Å²) in [4.78, 5) is 0. The van der Waals surface area contributed by atoms with E-state index >= 15 is 0 Å². The summed E-state index contributed by atoms with van der Waals surface area (Å²) < 4.78 is 0. The van der Waals surface area contributed by atoms with Gasteiger partial charge in [0.25, 0.3) is 0 Å². The van der Waals surface area contributed by atoms with Gasteiger partial charge in [0.1, 0.15) is 0 Å². The van der Waals surface area contributed by atoms with Gasteiger partial charge in [0.05, 0.1) is 0 Å². The molecule has 0 atom stereocenters. The van der Waals surface area contributed by atoms with Gasteiger partial charge in [-0.1, -0.05) is 120 Å². The third-order valence-corrected chi connectivity index (χ3v) is 11.1. The second kappa shape index (κ2) is 14.3. The maximum Gasteiger partial charge on any atom is 4.00 e. The van der Waals surface area contributed by atoms with Gasteiger partial charge in [-0.2, -0.15) is 12.1 Å². The molecule has 0 heterocycles. The molecule has 0 bridgehead atoms. The van der Waals surface area contributed by atoms with E-state index in [1.807, 2.05) is 0 Å². The van der Waals surface area contributed by atoms with Crippen molar-refractivity contribution in [1.29, 1.82) is 0 Å². The van der Waals surface area contributed by atoms with Gasteiger partial charge in [0.2, 0.25) is 0 Å². The molecule has 0 saturated heterocycles. The molecule has 1 heteroatoms. The molecule has 0 N–H and O–H groups in total. The van der Waals surface area contributed by atoms with E-state index in [1.165, 1.54) is 109 Å². The number of hydrogen-bond acceptors (Lipinski definition) is 0. The van der Waals surface area contributed by atoms with Crippen LogP contribution < -0.4 is 0 Å². The van der Waals surface area contributed by atoms with Crippen LogP contribution in [0.1, 0.15) is 107 Å². The zero-order chi connectivity index (χ0) is 32.4. The maximum atomic E-state index is 2.56. The van der Waals surface area contributed by atoms with Gasteiger partial charge in [-0.15, -0.1) is 69.1 Å². The Labute approximate surface area is 316 Å². The van der Waals surface area contributed by atoms with Crippen LogP contribution >= 0.6 is 0 Å². The molecule has 1 aliphatic rings. The Morgan fingerprint density at radius 1 is 0.510 bits per heavy atom. The van der Waals surface area contributed by atoms with Gasteiger partial charge in [0, 0.05) is 0 Å². The number of aryl methyl sites for hydroxylation is 2. The summed E-state index contributed by atoms with van der Waals surface area (Å²) in [5, 5.41) is 5.51. The molecular formula is C48H56Hf. The first-order chi connectivity index (χ1) is 21.8. The van der Waals surface area contributed by atoms with Crippen molar-refractivity contribution in [2.45, 2.75) is 104 Å². The molecule has 0 amide bonds. The van der Waals surface area contributed by atoms with Crippen LogP contribution in [-0.2, 0) is 42.1 Å². The zero-order valence-corrected chi connectivity index (χ0v) is 35.4. The first-order valence-electron chi connectivity index (χ1n) is 17.5. The molecule has 0 radical (unpaired) electrons.